The quantitative estimate of drug-likeness (QED) is 0.822. The van der Waals surface area contributed by atoms with E-state index in [4.69, 9.17) is 0 Å². The van der Waals surface area contributed by atoms with E-state index in [2.05, 4.69) is 48.0 Å². The number of hydrogen-bond acceptors (Lipinski definition) is 4. The molecule has 2 unspecified atom stereocenters. The lowest BCUT2D eigenvalue weighted by atomic mass is 9.62. The Morgan fingerprint density at radius 2 is 2.00 bits per heavy atom. The van der Waals surface area contributed by atoms with E-state index in [-0.39, 0.29) is 17.7 Å². The first-order valence-electron chi connectivity index (χ1n) is 9.57. The van der Waals surface area contributed by atoms with E-state index in [9.17, 15) is 10.2 Å². The lowest BCUT2D eigenvalue weighted by Gasteiger charge is -2.62. The van der Waals surface area contributed by atoms with E-state index in [0.717, 1.165) is 19.3 Å². The van der Waals surface area contributed by atoms with Crippen LogP contribution in [0.25, 0.3) is 0 Å². The van der Waals surface area contributed by atoms with Crippen molar-refractivity contribution in [3.63, 3.8) is 0 Å². The summed E-state index contributed by atoms with van der Waals surface area (Å²) in [5.41, 5.74) is 2.51. The first-order chi connectivity index (χ1) is 11.6. The monoisotopic (exact) mass is 326 g/mol. The molecule has 1 aliphatic carbocycles. The van der Waals surface area contributed by atoms with E-state index < -0.39 is 0 Å². The van der Waals surface area contributed by atoms with Crippen molar-refractivity contribution in [1.82, 2.24) is 4.90 Å². The van der Waals surface area contributed by atoms with Crippen molar-refractivity contribution >= 4 is 5.69 Å². The Kier molecular flexibility index (Phi) is 2.45. The molecule has 0 aromatic heterocycles. The van der Waals surface area contributed by atoms with Crippen LogP contribution in [-0.2, 0) is 5.41 Å². The second-order valence-corrected chi connectivity index (χ2v) is 8.81. The van der Waals surface area contributed by atoms with Crippen molar-refractivity contribution in [2.75, 3.05) is 11.9 Å². The highest BCUT2D eigenvalue weighted by molar-refractivity contribution is 5.67. The fourth-order valence-corrected chi connectivity index (χ4v) is 7.88. The fraction of sp³-hybridized carbons (Fsp3) is 0.700. The molecule has 128 valence electrons. The molecule has 0 radical (unpaired) electrons. The first kappa shape index (κ1) is 14.1. The van der Waals surface area contributed by atoms with Gasteiger partial charge in [-0.2, -0.15) is 0 Å². The Labute approximate surface area is 143 Å². The van der Waals surface area contributed by atoms with E-state index >= 15 is 0 Å². The standard InChI is InChI=1S/C20H26N2O2/c1-3-10-11-8-14-17-20(12-6-4-5-7-13(12)21(17)2)9-15(16(11)18(20)23)22(14)19(10)24/h4-7,10-11,14-19,23-24H,3,8-9H2,1-2H3/t10-,11+,14-,15-,16?,17-,18-,19+,20+/m0/s1. The van der Waals surface area contributed by atoms with Gasteiger partial charge in [-0.05, 0) is 36.8 Å². The summed E-state index contributed by atoms with van der Waals surface area (Å²) in [6.45, 7) is 2.19. The molecular formula is C20H26N2O2. The highest BCUT2D eigenvalue weighted by atomic mass is 16.3. The molecule has 24 heavy (non-hydrogen) atoms. The third-order valence-electron chi connectivity index (χ3n) is 8.46. The van der Waals surface area contributed by atoms with Gasteiger partial charge in [0.2, 0.25) is 0 Å². The van der Waals surface area contributed by atoms with Crippen LogP contribution in [0.15, 0.2) is 24.3 Å². The second-order valence-electron chi connectivity index (χ2n) is 8.81. The van der Waals surface area contributed by atoms with E-state index in [1.54, 1.807) is 0 Å². The average Bonchev–Trinajstić information content (AvgIpc) is 2.97. The zero-order valence-electron chi connectivity index (χ0n) is 14.3. The first-order valence-corrected chi connectivity index (χ1v) is 9.57. The van der Waals surface area contributed by atoms with Gasteiger partial charge in [0, 0.05) is 42.1 Å². The van der Waals surface area contributed by atoms with E-state index in [1.807, 2.05) is 0 Å². The van der Waals surface area contributed by atoms with Crippen molar-refractivity contribution < 1.29 is 10.2 Å². The third kappa shape index (κ3) is 1.20. The predicted molar refractivity (Wildman–Crippen MR) is 91.7 cm³/mol. The molecule has 5 fully saturated rings. The largest absolute Gasteiger partial charge is 0.392 e. The number of aliphatic hydroxyl groups is 2. The molecule has 4 heteroatoms. The average molecular weight is 326 g/mol. The Morgan fingerprint density at radius 3 is 2.79 bits per heavy atom. The number of fused-ring (bicyclic) bond motifs is 2. The maximum absolute atomic E-state index is 11.6. The Hall–Kier alpha value is -1.10. The normalized spacial score (nSPS) is 55.8. The summed E-state index contributed by atoms with van der Waals surface area (Å²) in [7, 11) is 2.19. The van der Waals surface area contributed by atoms with Crippen LogP contribution in [0, 0.1) is 17.8 Å². The number of nitrogens with zero attached hydrogens (tertiary/aromatic N) is 2. The molecule has 1 saturated carbocycles. The zero-order valence-corrected chi connectivity index (χ0v) is 14.3. The summed E-state index contributed by atoms with van der Waals surface area (Å²) in [5, 5.41) is 22.6. The van der Waals surface area contributed by atoms with Crippen LogP contribution in [0.2, 0.25) is 0 Å². The number of piperidine rings is 4. The van der Waals surface area contributed by atoms with Crippen LogP contribution >= 0.6 is 0 Å². The van der Waals surface area contributed by atoms with Gasteiger partial charge in [0.25, 0.3) is 0 Å². The maximum Gasteiger partial charge on any atom is 0.111 e. The molecule has 5 aliphatic heterocycles. The van der Waals surface area contributed by atoms with Crippen molar-refractivity contribution in [1.29, 1.82) is 0 Å². The highest BCUT2D eigenvalue weighted by Gasteiger charge is 2.76. The van der Waals surface area contributed by atoms with Crippen molar-refractivity contribution in [2.24, 2.45) is 17.8 Å². The SMILES string of the molecule is CC[C@@H]1[C@@H](O)N2[C@H]3C[C@@]45c6ccccc6N(C)[C@H]4[C@@H]2C[C@H]1C3[C@@H]5O. The molecule has 2 N–H and O–H groups in total. The number of para-hydroxylation sites is 1. The van der Waals surface area contributed by atoms with Gasteiger partial charge in [-0.15, -0.1) is 0 Å². The van der Waals surface area contributed by atoms with Gasteiger partial charge in [0.15, 0.2) is 0 Å². The van der Waals surface area contributed by atoms with Crippen molar-refractivity contribution in [3.8, 4) is 0 Å². The van der Waals surface area contributed by atoms with E-state index in [1.165, 1.54) is 11.3 Å². The Balaban J connectivity index is 1.60. The summed E-state index contributed by atoms with van der Waals surface area (Å²) in [4.78, 5) is 4.83. The summed E-state index contributed by atoms with van der Waals surface area (Å²) in [6, 6.07) is 9.70. The molecule has 1 aromatic carbocycles. The maximum atomic E-state index is 11.6. The minimum absolute atomic E-state index is 0.126. The number of benzene rings is 1. The minimum Gasteiger partial charge on any atom is -0.392 e. The molecule has 6 aliphatic rings. The summed E-state index contributed by atoms with van der Waals surface area (Å²) >= 11 is 0. The number of rotatable bonds is 1. The molecule has 5 heterocycles. The number of anilines is 1. The second kappa shape index (κ2) is 4.17. The van der Waals surface area contributed by atoms with Gasteiger partial charge in [0.05, 0.1) is 12.1 Å². The van der Waals surface area contributed by atoms with Gasteiger partial charge in [-0.25, -0.2) is 0 Å². The minimum atomic E-state index is -0.319. The number of aliphatic hydroxyl groups excluding tert-OH is 2. The van der Waals surface area contributed by atoms with Crippen molar-refractivity contribution in [2.45, 2.75) is 62.1 Å². The van der Waals surface area contributed by atoms with Crippen LogP contribution in [-0.4, -0.2) is 52.6 Å². The summed E-state index contributed by atoms with van der Waals surface area (Å²) in [5.74, 6) is 1.14. The lowest BCUT2D eigenvalue weighted by molar-refractivity contribution is -0.211. The smallest absolute Gasteiger partial charge is 0.111 e. The van der Waals surface area contributed by atoms with Crippen LogP contribution in [0.1, 0.15) is 31.7 Å². The molecular weight excluding hydrogens is 300 g/mol. The van der Waals surface area contributed by atoms with Gasteiger partial charge >= 0.3 is 0 Å². The highest BCUT2D eigenvalue weighted by Crippen LogP contribution is 2.68. The molecule has 0 amide bonds. The van der Waals surface area contributed by atoms with Gasteiger partial charge in [-0.1, -0.05) is 25.1 Å². The topological polar surface area (TPSA) is 46.9 Å². The third-order valence-corrected chi connectivity index (χ3v) is 8.46. The van der Waals surface area contributed by atoms with Crippen LogP contribution in [0.4, 0.5) is 5.69 Å². The predicted octanol–water partition coefficient (Wildman–Crippen LogP) is 1.55. The van der Waals surface area contributed by atoms with Gasteiger partial charge in [-0.3, -0.25) is 4.90 Å². The fourth-order valence-electron chi connectivity index (χ4n) is 7.88. The number of hydrogen-bond donors (Lipinski definition) is 2. The van der Waals surface area contributed by atoms with Crippen molar-refractivity contribution in [3.05, 3.63) is 29.8 Å². The van der Waals surface area contributed by atoms with Gasteiger partial charge < -0.3 is 15.1 Å². The molecule has 4 nitrogen and oxygen atoms in total. The Morgan fingerprint density at radius 1 is 1.21 bits per heavy atom. The lowest BCUT2D eigenvalue weighted by Crippen LogP contribution is -2.72. The van der Waals surface area contributed by atoms with E-state index in [0.29, 0.717) is 35.9 Å². The van der Waals surface area contributed by atoms with Gasteiger partial charge in [0.1, 0.15) is 6.23 Å². The molecule has 7 rings (SSSR count). The summed E-state index contributed by atoms with van der Waals surface area (Å²) < 4.78 is 0. The molecule has 1 aromatic rings. The van der Waals surface area contributed by atoms with Crippen LogP contribution in [0.5, 0.6) is 0 Å². The molecule has 5 bridgehead atoms. The summed E-state index contributed by atoms with van der Waals surface area (Å²) in [6.07, 6.45) is 2.56. The zero-order chi connectivity index (χ0) is 16.4. The Bertz CT molecular complexity index is 723. The number of likely N-dealkylation sites (N-methyl/N-ethyl adjacent to an activating group) is 1. The molecule has 4 saturated heterocycles. The molecule has 1 spiro atoms. The molecule has 10 atom stereocenters. The van der Waals surface area contributed by atoms with Crippen LogP contribution in [0.3, 0.4) is 0 Å². The van der Waals surface area contributed by atoms with Crippen LogP contribution < -0.4 is 4.90 Å².